The number of likely N-dealkylation sites (tertiary alicyclic amines) is 2. The van der Waals surface area contributed by atoms with Crippen LogP contribution in [0.25, 0.3) is 0 Å². The standard InChI is InChI=1S/C21H31N3O2/c1-22(2)20(26)15-23-13-6-11-21(16-23)12-9-19(25)24(17-21)14-10-18-7-4-3-5-8-18/h3-5,7-8H,6,9-17H2,1-2H3/t21-/m1/s1. The summed E-state index contributed by atoms with van der Waals surface area (Å²) in [7, 11) is 3.62. The largest absolute Gasteiger partial charge is 0.348 e. The molecule has 3 rings (SSSR count). The molecule has 2 fully saturated rings. The van der Waals surface area contributed by atoms with Gasteiger partial charge >= 0.3 is 0 Å². The molecule has 0 aromatic heterocycles. The molecule has 26 heavy (non-hydrogen) atoms. The van der Waals surface area contributed by atoms with Crippen molar-refractivity contribution in [1.29, 1.82) is 0 Å². The number of hydrogen-bond donors (Lipinski definition) is 0. The van der Waals surface area contributed by atoms with E-state index in [0.717, 1.165) is 51.9 Å². The van der Waals surface area contributed by atoms with Gasteiger partial charge < -0.3 is 9.80 Å². The fourth-order valence-electron chi connectivity index (χ4n) is 4.33. The van der Waals surface area contributed by atoms with E-state index in [2.05, 4.69) is 34.1 Å². The summed E-state index contributed by atoms with van der Waals surface area (Å²) in [4.78, 5) is 30.5. The monoisotopic (exact) mass is 357 g/mol. The molecule has 5 nitrogen and oxygen atoms in total. The van der Waals surface area contributed by atoms with Crippen LogP contribution in [0, 0.1) is 5.41 Å². The highest BCUT2D eigenvalue weighted by atomic mass is 16.2. The molecule has 2 amide bonds. The van der Waals surface area contributed by atoms with E-state index >= 15 is 0 Å². The number of benzene rings is 1. The lowest BCUT2D eigenvalue weighted by Gasteiger charge is -2.48. The third-order valence-corrected chi connectivity index (χ3v) is 5.86. The van der Waals surface area contributed by atoms with Crippen LogP contribution in [0.4, 0.5) is 0 Å². The first kappa shape index (κ1) is 18.9. The minimum Gasteiger partial charge on any atom is -0.348 e. The topological polar surface area (TPSA) is 43.9 Å². The van der Waals surface area contributed by atoms with Crippen molar-refractivity contribution in [3.8, 4) is 0 Å². The van der Waals surface area contributed by atoms with Crippen LogP contribution in [0.15, 0.2) is 30.3 Å². The van der Waals surface area contributed by atoms with Crippen LogP contribution in [0.2, 0.25) is 0 Å². The Bertz CT molecular complexity index is 631. The van der Waals surface area contributed by atoms with E-state index < -0.39 is 0 Å². The number of carbonyl (C=O) groups is 2. The Morgan fingerprint density at radius 3 is 2.65 bits per heavy atom. The average Bonchev–Trinajstić information content (AvgIpc) is 2.64. The van der Waals surface area contributed by atoms with Gasteiger partial charge in [0.15, 0.2) is 0 Å². The van der Waals surface area contributed by atoms with Crippen LogP contribution >= 0.6 is 0 Å². The van der Waals surface area contributed by atoms with Crippen LogP contribution < -0.4 is 0 Å². The Labute approximate surface area is 156 Å². The normalized spacial score (nSPS) is 24.1. The van der Waals surface area contributed by atoms with Crippen molar-refractivity contribution in [1.82, 2.24) is 14.7 Å². The molecule has 1 aromatic carbocycles. The second kappa shape index (κ2) is 8.21. The van der Waals surface area contributed by atoms with Gasteiger partial charge in [-0.05, 0) is 37.8 Å². The molecule has 1 atom stereocenters. The van der Waals surface area contributed by atoms with Gasteiger partial charge in [-0.2, -0.15) is 0 Å². The molecular formula is C21H31N3O2. The van der Waals surface area contributed by atoms with Crippen LogP contribution in [0.1, 0.15) is 31.2 Å². The number of amides is 2. The van der Waals surface area contributed by atoms with Crippen molar-refractivity contribution < 1.29 is 9.59 Å². The first-order valence-electron chi connectivity index (χ1n) is 9.72. The summed E-state index contributed by atoms with van der Waals surface area (Å²) in [5, 5.41) is 0. The molecular weight excluding hydrogens is 326 g/mol. The molecule has 0 N–H and O–H groups in total. The maximum atomic E-state index is 12.4. The third kappa shape index (κ3) is 4.64. The maximum absolute atomic E-state index is 12.4. The average molecular weight is 357 g/mol. The smallest absolute Gasteiger partial charge is 0.236 e. The van der Waals surface area contributed by atoms with Crippen LogP contribution in [0.5, 0.6) is 0 Å². The second-order valence-corrected chi connectivity index (χ2v) is 8.15. The summed E-state index contributed by atoms with van der Waals surface area (Å²) in [5.41, 5.74) is 1.44. The Kier molecular flexibility index (Phi) is 5.97. The van der Waals surface area contributed by atoms with Gasteiger partial charge in [-0.15, -0.1) is 0 Å². The maximum Gasteiger partial charge on any atom is 0.236 e. The quantitative estimate of drug-likeness (QED) is 0.810. The van der Waals surface area contributed by atoms with E-state index in [9.17, 15) is 9.59 Å². The highest BCUT2D eigenvalue weighted by Gasteiger charge is 2.41. The minimum atomic E-state index is 0.162. The van der Waals surface area contributed by atoms with E-state index in [0.29, 0.717) is 13.0 Å². The van der Waals surface area contributed by atoms with Crippen molar-refractivity contribution >= 4 is 11.8 Å². The van der Waals surface area contributed by atoms with E-state index in [1.807, 2.05) is 20.2 Å². The predicted molar refractivity (Wildman–Crippen MR) is 103 cm³/mol. The Morgan fingerprint density at radius 1 is 1.15 bits per heavy atom. The first-order valence-corrected chi connectivity index (χ1v) is 9.72. The van der Waals surface area contributed by atoms with Gasteiger partial charge in [-0.3, -0.25) is 14.5 Å². The SMILES string of the molecule is CN(C)C(=O)CN1CCC[C@@]2(CCC(=O)N(CCc3ccccc3)C2)C1. The molecule has 0 radical (unpaired) electrons. The molecule has 5 heteroatoms. The van der Waals surface area contributed by atoms with Gasteiger partial charge in [-0.25, -0.2) is 0 Å². The van der Waals surface area contributed by atoms with E-state index in [4.69, 9.17) is 0 Å². The minimum absolute atomic E-state index is 0.162. The van der Waals surface area contributed by atoms with Gasteiger partial charge in [0.05, 0.1) is 6.54 Å². The lowest BCUT2D eigenvalue weighted by molar-refractivity contribution is -0.140. The number of hydrogen-bond acceptors (Lipinski definition) is 3. The fraction of sp³-hybridized carbons (Fsp3) is 0.619. The summed E-state index contributed by atoms with van der Waals surface area (Å²) >= 11 is 0. The molecule has 1 aromatic rings. The van der Waals surface area contributed by atoms with Crippen molar-refractivity contribution in [3.63, 3.8) is 0 Å². The zero-order valence-electron chi connectivity index (χ0n) is 16.1. The van der Waals surface area contributed by atoms with Crippen molar-refractivity contribution in [2.75, 3.05) is 46.8 Å². The molecule has 0 saturated carbocycles. The van der Waals surface area contributed by atoms with Crippen molar-refractivity contribution in [2.24, 2.45) is 5.41 Å². The summed E-state index contributed by atoms with van der Waals surface area (Å²) in [6.07, 6.45) is 4.78. The number of piperidine rings is 2. The number of carbonyl (C=O) groups excluding carboxylic acids is 2. The number of nitrogens with zero attached hydrogens (tertiary/aromatic N) is 3. The third-order valence-electron chi connectivity index (χ3n) is 5.86. The molecule has 2 aliphatic rings. The number of rotatable bonds is 5. The highest BCUT2D eigenvalue weighted by Crippen LogP contribution is 2.38. The van der Waals surface area contributed by atoms with Crippen molar-refractivity contribution in [3.05, 3.63) is 35.9 Å². The van der Waals surface area contributed by atoms with E-state index in [1.54, 1.807) is 4.90 Å². The van der Waals surface area contributed by atoms with Gasteiger partial charge in [-0.1, -0.05) is 30.3 Å². The molecule has 2 aliphatic heterocycles. The van der Waals surface area contributed by atoms with Crippen LogP contribution in [-0.2, 0) is 16.0 Å². The highest BCUT2D eigenvalue weighted by molar-refractivity contribution is 5.78. The Morgan fingerprint density at radius 2 is 1.92 bits per heavy atom. The summed E-state index contributed by atoms with van der Waals surface area (Å²) in [6.45, 7) is 4.04. The van der Waals surface area contributed by atoms with Crippen LogP contribution in [0.3, 0.4) is 0 Å². The summed E-state index contributed by atoms with van der Waals surface area (Å²) in [6, 6.07) is 10.4. The van der Waals surface area contributed by atoms with Crippen molar-refractivity contribution in [2.45, 2.75) is 32.1 Å². The van der Waals surface area contributed by atoms with E-state index in [1.165, 1.54) is 5.56 Å². The predicted octanol–water partition coefficient (Wildman–Crippen LogP) is 2.02. The van der Waals surface area contributed by atoms with Gasteiger partial charge in [0.2, 0.25) is 11.8 Å². The Hall–Kier alpha value is -1.88. The van der Waals surface area contributed by atoms with Gasteiger partial charge in [0.25, 0.3) is 0 Å². The lowest BCUT2D eigenvalue weighted by Crippen LogP contribution is -2.55. The molecule has 0 bridgehead atoms. The van der Waals surface area contributed by atoms with Gasteiger partial charge in [0.1, 0.15) is 0 Å². The lowest BCUT2D eigenvalue weighted by atomic mass is 9.73. The van der Waals surface area contributed by atoms with E-state index in [-0.39, 0.29) is 17.2 Å². The molecule has 0 aliphatic carbocycles. The number of likely N-dealkylation sites (N-methyl/N-ethyl adjacent to an activating group) is 1. The summed E-state index contributed by atoms with van der Waals surface area (Å²) < 4.78 is 0. The fourth-order valence-corrected chi connectivity index (χ4v) is 4.33. The second-order valence-electron chi connectivity index (χ2n) is 8.15. The Balaban J connectivity index is 1.60. The molecule has 0 unspecified atom stereocenters. The zero-order valence-corrected chi connectivity index (χ0v) is 16.1. The molecule has 1 spiro atoms. The van der Waals surface area contributed by atoms with Crippen LogP contribution in [-0.4, -0.2) is 73.3 Å². The molecule has 2 heterocycles. The summed E-state index contributed by atoms with van der Waals surface area (Å²) in [5.74, 6) is 0.447. The molecule has 2 saturated heterocycles. The zero-order chi connectivity index (χ0) is 18.6. The van der Waals surface area contributed by atoms with Gasteiger partial charge in [0, 0.05) is 45.6 Å². The molecule has 142 valence electrons. The first-order chi connectivity index (χ1) is 12.5.